The van der Waals surface area contributed by atoms with Crippen LogP contribution in [0.3, 0.4) is 0 Å². The topological polar surface area (TPSA) is 53.4 Å². The van der Waals surface area contributed by atoms with Crippen LogP contribution >= 0.6 is 12.2 Å². The molecule has 108 valence electrons. The van der Waals surface area contributed by atoms with Gasteiger partial charge in [-0.2, -0.15) is 5.10 Å². The van der Waals surface area contributed by atoms with Gasteiger partial charge in [-0.1, -0.05) is 12.8 Å². The first-order chi connectivity index (χ1) is 9.68. The van der Waals surface area contributed by atoms with Crippen LogP contribution in [0.25, 0.3) is 0 Å². The Bertz CT molecular complexity index is 492. The van der Waals surface area contributed by atoms with Crippen molar-refractivity contribution in [3.05, 3.63) is 23.8 Å². The van der Waals surface area contributed by atoms with E-state index in [-0.39, 0.29) is 0 Å². The molecule has 1 aromatic rings. The van der Waals surface area contributed by atoms with Crippen molar-refractivity contribution in [1.29, 1.82) is 0 Å². The predicted molar refractivity (Wildman–Crippen MR) is 84.8 cm³/mol. The van der Waals surface area contributed by atoms with E-state index in [9.17, 15) is 0 Å². The van der Waals surface area contributed by atoms with E-state index >= 15 is 0 Å². The molecule has 0 amide bonds. The minimum Gasteiger partial charge on any atom is -0.348 e. The number of aromatic nitrogens is 2. The Morgan fingerprint density at radius 2 is 1.85 bits per heavy atom. The van der Waals surface area contributed by atoms with Crippen LogP contribution < -0.4 is 5.43 Å². The van der Waals surface area contributed by atoms with Crippen molar-refractivity contribution < 1.29 is 0 Å². The molecule has 1 aromatic heterocycles. The van der Waals surface area contributed by atoms with Gasteiger partial charge in [0.1, 0.15) is 5.69 Å². The molecule has 0 spiro atoms. The van der Waals surface area contributed by atoms with Gasteiger partial charge in [0.15, 0.2) is 5.11 Å². The summed E-state index contributed by atoms with van der Waals surface area (Å²) in [4.78, 5) is 10.7. The molecular weight excluding hydrogens is 270 g/mol. The Morgan fingerprint density at radius 3 is 2.50 bits per heavy atom. The minimum absolute atomic E-state index is 0.702. The smallest absolute Gasteiger partial charge is 0.189 e. The van der Waals surface area contributed by atoms with Crippen LogP contribution in [0.4, 0.5) is 0 Å². The van der Waals surface area contributed by atoms with Gasteiger partial charge in [-0.3, -0.25) is 15.4 Å². The number of rotatable bonds is 2. The number of nitrogens with one attached hydrogen (secondary N) is 1. The average molecular weight is 291 g/mol. The van der Waals surface area contributed by atoms with Gasteiger partial charge < -0.3 is 4.90 Å². The van der Waals surface area contributed by atoms with Crippen LogP contribution in [0.15, 0.2) is 17.5 Å². The van der Waals surface area contributed by atoms with E-state index in [0.29, 0.717) is 5.11 Å². The fourth-order valence-corrected chi connectivity index (χ4v) is 2.52. The lowest BCUT2D eigenvalue weighted by Crippen LogP contribution is -2.38. The van der Waals surface area contributed by atoms with Gasteiger partial charge in [-0.05, 0) is 38.9 Å². The Hall–Kier alpha value is -1.56. The summed E-state index contributed by atoms with van der Waals surface area (Å²) in [6.07, 6.45) is 8.35. The molecule has 1 aliphatic heterocycles. The second-order valence-corrected chi connectivity index (χ2v) is 5.39. The fraction of sp³-hybridized carbons (Fsp3) is 0.571. The Kier molecular flexibility index (Phi) is 5.40. The van der Waals surface area contributed by atoms with Crippen LogP contribution in [-0.4, -0.2) is 38.8 Å². The summed E-state index contributed by atoms with van der Waals surface area (Å²) >= 11 is 5.41. The first-order valence-corrected chi connectivity index (χ1v) is 7.46. The molecule has 1 saturated heterocycles. The van der Waals surface area contributed by atoms with Crippen LogP contribution in [0.2, 0.25) is 0 Å². The maximum absolute atomic E-state index is 5.41. The summed E-state index contributed by atoms with van der Waals surface area (Å²) < 4.78 is 0. The van der Waals surface area contributed by atoms with E-state index in [0.717, 1.165) is 30.2 Å². The molecule has 0 aliphatic carbocycles. The zero-order chi connectivity index (χ0) is 14.4. The van der Waals surface area contributed by atoms with E-state index in [1.54, 1.807) is 12.4 Å². The molecule has 0 unspecified atom stereocenters. The lowest BCUT2D eigenvalue weighted by Gasteiger charge is -2.22. The highest BCUT2D eigenvalue weighted by atomic mass is 32.1. The Labute approximate surface area is 125 Å². The molecule has 0 radical (unpaired) electrons. The third kappa shape index (κ3) is 3.96. The molecule has 1 aliphatic rings. The van der Waals surface area contributed by atoms with Crippen LogP contribution in [0, 0.1) is 6.92 Å². The minimum atomic E-state index is 0.702. The maximum atomic E-state index is 5.41. The summed E-state index contributed by atoms with van der Waals surface area (Å²) in [6, 6.07) is 0. The van der Waals surface area contributed by atoms with Gasteiger partial charge >= 0.3 is 0 Å². The molecule has 20 heavy (non-hydrogen) atoms. The lowest BCUT2D eigenvalue weighted by molar-refractivity contribution is 0.428. The molecule has 5 nitrogen and oxygen atoms in total. The Morgan fingerprint density at radius 1 is 1.20 bits per heavy atom. The van der Waals surface area contributed by atoms with E-state index < -0.39 is 0 Å². The maximum Gasteiger partial charge on any atom is 0.189 e. The first kappa shape index (κ1) is 14.8. The van der Waals surface area contributed by atoms with Gasteiger partial charge in [0.2, 0.25) is 0 Å². The van der Waals surface area contributed by atoms with Crippen molar-refractivity contribution in [2.45, 2.75) is 39.5 Å². The van der Waals surface area contributed by atoms with Crippen molar-refractivity contribution in [2.24, 2.45) is 5.10 Å². The second-order valence-electron chi connectivity index (χ2n) is 5.01. The highest BCUT2D eigenvalue weighted by molar-refractivity contribution is 7.80. The third-order valence-electron chi connectivity index (χ3n) is 3.44. The molecule has 0 saturated carbocycles. The van der Waals surface area contributed by atoms with E-state index in [2.05, 4.69) is 25.4 Å². The predicted octanol–water partition coefficient (Wildman–Crippen LogP) is 2.26. The summed E-state index contributed by atoms with van der Waals surface area (Å²) in [5.74, 6) is 0. The molecule has 1 fully saturated rings. The molecule has 1 N–H and O–H groups in total. The largest absolute Gasteiger partial charge is 0.348 e. The number of hydrogen-bond acceptors (Lipinski definition) is 4. The first-order valence-electron chi connectivity index (χ1n) is 7.05. The fourth-order valence-electron chi connectivity index (χ4n) is 2.29. The zero-order valence-corrected chi connectivity index (χ0v) is 12.9. The summed E-state index contributed by atoms with van der Waals surface area (Å²) in [5, 5.41) is 5.04. The second kappa shape index (κ2) is 7.28. The monoisotopic (exact) mass is 291 g/mol. The highest BCUT2D eigenvalue weighted by Crippen LogP contribution is 2.09. The lowest BCUT2D eigenvalue weighted by atomic mass is 10.2. The molecule has 2 heterocycles. The summed E-state index contributed by atoms with van der Waals surface area (Å²) in [6.45, 7) is 5.87. The number of hydrogen-bond donors (Lipinski definition) is 1. The molecule has 2 rings (SSSR count). The Balaban J connectivity index is 1.97. The molecular formula is C14H21N5S. The van der Waals surface area contributed by atoms with Gasteiger partial charge in [0.25, 0.3) is 0 Å². The molecule has 6 heteroatoms. The zero-order valence-electron chi connectivity index (χ0n) is 12.1. The van der Waals surface area contributed by atoms with Crippen LogP contribution in [0.5, 0.6) is 0 Å². The number of aryl methyl sites for hydroxylation is 1. The van der Waals surface area contributed by atoms with Crippen LogP contribution in [-0.2, 0) is 0 Å². The van der Waals surface area contributed by atoms with Crippen molar-refractivity contribution in [3.63, 3.8) is 0 Å². The SMILES string of the molecule is C/C(=N/NC(=S)N1CCCCCC1)c1nccnc1C. The molecule has 0 aromatic carbocycles. The van der Waals surface area contributed by atoms with Crippen molar-refractivity contribution in [3.8, 4) is 0 Å². The molecule has 0 bridgehead atoms. The van der Waals surface area contributed by atoms with E-state index in [4.69, 9.17) is 12.2 Å². The van der Waals surface area contributed by atoms with Crippen molar-refractivity contribution in [1.82, 2.24) is 20.3 Å². The van der Waals surface area contributed by atoms with E-state index in [1.807, 2.05) is 13.8 Å². The number of likely N-dealkylation sites (tertiary alicyclic amines) is 1. The average Bonchev–Trinajstić information content (AvgIpc) is 2.74. The summed E-state index contributed by atoms with van der Waals surface area (Å²) in [5.41, 5.74) is 5.46. The third-order valence-corrected chi connectivity index (χ3v) is 3.79. The molecule has 0 atom stereocenters. The van der Waals surface area contributed by atoms with Crippen molar-refractivity contribution >= 4 is 23.0 Å². The number of thiocarbonyl (C=S) groups is 1. The quantitative estimate of drug-likeness (QED) is 0.514. The van der Waals surface area contributed by atoms with Gasteiger partial charge in [0, 0.05) is 25.5 Å². The van der Waals surface area contributed by atoms with E-state index in [1.165, 1.54) is 25.7 Å². The van der Waals surface area contributed by atoms with Gasteiger partial charge in [-0.25, -0.2) is 0 Å². The van der Waals surface area contributed by atoms with Gasteiger partial charge in [-0.15, -0.1) is 0 Å². The number of nitrogens with zero attached hydrogens (tertiary/aromatic N) is 4. The standard InChI is InChI=1S/C14H21N5S/c1-11-13(16-8-7-15-11)12(2)17-18-14(20)19-9-5-3-4-6-10-19/h7-8H,3-6,9-10H2,1-2H3,(H,18,20)/b17-12-. The number of hydrazone groups is 1. The van der Waals surface area contributed by atoms with Crippen LogP contribution in [0.1, 0.15) is 44.0 Å². The summed E-state index contributed by atoms with van der Waals surface area (Å²) in [7, 11) is 0. The van der Waals surface area contributed by atoms with Crippen molar-refractivity contribution in [2.75, 3.05) is 13.1 Å². The normalized spacial score (nSPS) is 16.7. The van der Waals surface area contributed by atoms with Gasteiger partial charge in [0.05, 0.1) is 11.4 Å². The highest BCUT2D eigenvalue weighted by Gasteiger charge is 2.12.